The van der Waals surface area contributed by atoms with Gasteiger partial charge >= 0.3 is 0 Å². The molecule has 27 heavy (non-hydrogen) atoms. The van der Waals surface area contributed by atoms with E-state index in [1.54, 1.807) is 0 Å². The van der Waals surface area contributed by atoms with Crippen molar-refractivity contribution in [3.63, 3.8) is 0 Å². The Morgan fingerprint density at radius 3 is 2.70 bits per heavy atom. The monoisotopic (exact) mass is 366 g/mol. The summed E-state index contributed by atoms with van der Waals surface area (Å²) in [4.78, 5) is 2.61. The molecular formula is C24H34N2O. The highest BCUT2D eigenvalue weighted by molar-refractivity contribution is 5.86. The molecule has 2 aromatic rings. The quantitative estimate of drug-likeness (QED) is 0.693. The summed E-state index contributed by atoms with van der Waals surface area (Å²) in [6, 6.07) is 15.6. The highest BCUT2D eigenvalue weighted by atomic mass is 16.5. The summed E-state index contributed by atoms with van der Waals surface area (Å²) in [7, 11) is 0. The van der Waals surface area contributed by atoms with Crippen LogP contribution in [-0.2, 0) is 4.74 Å². The molecule has 0 aromatic heterocycles. The van der Waals surface area contributed by atoms with E-state index in [4.69, 9.17) is 4.74 Å². The fourth-order valence-electron chi connectivity index (χ4n) is 4.77. The van der Waals surface area contributed by atoms with Crippen LogP contribution in [0.2, 0.25) is 0 Å². The van der Waals surface area contributed by atoms with Crippen molar-refractivity contribution < 1.29 is 4.74 Å². The number of piperidine rings is 1. The molecule has 3 heteroatoms. The molecule has 4 rings (SSSR count). The minimum Gasteiger partial charge on any atom is -0.378 e. The lowest BCUT2D eigenvalue weighted by Gasteiger charge is -2.27. The molecule has 0 spiro atoms. The standard InChI is InChI=1S/C24H34N2O/c1-4-14-26(15-5-1)16-13-25-19-21(18-22-10-7-17-27-22)24-12-6-9-20-8-2-3-11-23(20)24/h2-3,6,8-9,11-12,21-22,25H,1,4-5,7,10,13-19H2. The zero-order valence-corrected chi connectivity index (χ0v) is 16.5. The number of nitrogens with one attached hydrogen (secondary N) is 1. The summed E-state index contributed by atoms with van der Waals surface area (Å²) in [6.45, 7) is 6.82. The van der Waals surface area contributed by atoms with Gasteiger partial charge in [-0.3, -0.25) is 0 Å². The maximum absolute atomic E-state index is 5.98. The summed E-state index contributed by atoms with van der Waals surface area (Å²) in [6.07, 6.45) is 8.15. The Balaban J connectivity index is 1.41. The first-order valence-corrected chi connectivity index (χ1v) is 10.9. The molecule has 2 heterocycles. The van der Waals surface area contributed by atoms with Crippen LogP contribution >= 0.6 is 0 Å². The van der Waals surface area contributed by atoms with Gasteiger partial charge in [-0.2, -0.15) is 0 Å². The van der Waals surface area contributed by atoms with Crippen molar-refractivity contribution in [2.24, 2.45) is 0 Å². The Bertz CT molecular complexity index is 699. The third-order valence-corrected chi connectivity index (χ3v) is 6.28. The van der Waals surface area contributed by atoms with Crippen LogP contribution in [0.25, 0.3) is 10.8 Å². The molecule has 2 aromatic carbocycles. The maximum Gasteiger partial charge on any atom is 0.0582 e. The molecule has 3 nitrogen and oxygen atoms in total. The molecule has 0 radical (unpaired) electrons. The summed E-state index contributed by atoms with van der Waals surface area (Å²) < 4.78 is 5.98. The van der Waals surface area contributed by atoms with E-state index in [-0.39, 0.29) is 0 Å². The first kappa shape index (κ1) is 18.9. The van der Waals surface area contributed by atoms with E-state index in [0.717, 1.165) is 26.1 Å². The normalized spacial score (nSPS) is 22.3. The minimum absolute atomic E-state index is 0.429. The van der Waals surface area contributed by atoms with Crippen molar-refractivity contribution >= 4 is 10.8 Å². The average molecular weight is 367 g/mol. The third-order valence-electron chi connectivity index (χ3n) is 6.28. The second-order valence-corrected chi connectivity index (χ2v) is 8.24. The first-order valence-electron chi connectivity index (χ1n) is 10.9. The topological polar surface area (TPSA) is 24.5 Å². The van der Waals surface area contributed by atoms with Gasteiger partial charge in [0.15, 0.2) is 0 Å². The molecule has 146 valence electrons. The number of likely N-dealkylation sites (tertiary alicyclic amines) is 1. The number of hydrogen-bond acceptors (Lipinski definition) is 3. The fraction of sp³-hybridized carbons (Fsp3) is 0.583. The second kappa shape index (κ2) is 9.68. The molecule has 2 saturated heterocycles. The molecule has 1 N–H and O–H groups in total. The minimum atomic E-state index is 0.429. The molecule has 0 bridgehead atoms. The lowest BCUT2D eigenvalue weighted by molar-refractivity contribution is 0.0977. The molecule has 2 aliphatic heterocycles. The number of hydrogen-bond donors (Lipinski definition) is 1. The first-order chi connectivity index (χ1) is 13.4. The third kappa shape index (κ3) is 5.10. The van der Waals surface area contributed by atoms with Crippen molar-refractivity contribution in [1.82, 2.24) is 10.2 Å². The average Bonchev–Trinajstić information content (AvgIpc) is 3.24. The Hall–Kier alpha value is -1.42. The van der Waals surface area contributed by atoms with Crippen molar-refractivity contribution in [2.75, 3.05) is 39.3 Å². The predicted octanol–water partition coefficient (Wildman–Crippen LogP) is 4.57. The molecule has 2 fully saturated rings. The molecule has 0 saturated carbocycles. The molecule has 0 amide bonds. The van der Waals surface area contributed by atoms with E-state index in [1.165, 1.54) is 68.1 Å². The van der Waals surface area contributed by atoms with Crippen LogP contribution in [0.15, 0.2) is 42.5 Å². The SMILES string of the molecule is c1ccc2c(C(CNCCN3CCCCC3)CC3CCCO3)cccc2c1. The van der Waals surface area contributed by atoms with Gasteiger partial charge in [0.1, 0.15) is 0 Å². The Morgan fingerprint density at radius 2 is 1.85 bits per heavy atom. The summed E-state index contributed by atoms with van der Waals surface area (Å²) in [5.74, 6) is 0.514. The van der Waals surface area contributed by atoms with Gasteiger partial charge in [0.25, 0.3) is 0 Å². The summed E-state index contributed by atoms with van der Waals surface area (Å²) in [5, 5.41) is 6.52. The lowest BCUT2D eigenvalue weighted by Crippen LogP contribution is -2.37. The zero-order chi connectivity index (χ0) is 18.3. The largest absolute Gasteiger partial charge is 0.378 e. The molecule has 0 aliphatic carbocycles. The number of fused-ring (bicyclic) bond motifs is 1. The van der Waals surface area contributed by atoms with Gasteiger partial charge in [0, 0.05) is 26.2 Å². The van der Waals surface area contributed by atoms with Crippen LogP contribution in [0.1, 0.15) is 50.0 Å². The maximum atomic E-state index is 5.98. The van der Waals surface area contributed by atoms with Gasteiger partial charge in [-0.1, -0.05) is 48.9 Å². The smallest absolute Gasteiger partial charge is 0.0582 e. The van der Waals surface area contributed by atoms with Gasteiger partial charge in [-0.05, 0) is 67.4 Å². The lowest BCUT2D eigenvalue weighted by atomic mass is 9.88. The van der Waals surface area contributed by atoms with Crippen molar-refractivity contribution in [1.29, 1.82) is 0 Å². The predicted molar refractivity (Wildman–Crippen MR) is 113 cm³/mol. The molecule has 2 aliphatic rings. The number of ether oxygens (including phenoxy) is 1. The van der Waals surface area contributed by atoms with E-state index in [2.05, 4.69) is 52.7 Å². The van der Waals surface area contributed by atoms with Crippen LogP contribution in [0.3, 0.4) is 0 Å². The van der Waals surface area contributed by atoms with Crippen LogP contribution in [0.5, 0.6) is 0 Å². The summed E-state index contributed by atoms with van der Waals surface area (Å²) >= 11 is 0. The fourth-order valence-corrected chi connectivity index (χ4v) is 4.77. The second-order valence-electron chi connectivity index (χ2n) is 8.24. The van der Waals surface area contributed by atoms with Gasteiger partial charge in [-0.25, -0.2) is 0 Å². The Labute approximate surface area is 164 Å². The van der Waals surface area contributed by atoms with Crippen molar-refractivity contribution in [2.45, 2.75) is 50.5 Å². The highest BCUT2D eigenvalue weighted by Crippen LogP contribution is 2.31. The van der Waals surface area contributed by atoms with Crippen LogP contribution < -0.4 is 5.32 Å². The molecule has 2 unspecified atom stereocenters. The van der Waals surface area contributed by atoms with Gasteiger partial charge in [-0.15, -0.1) is 0 Å². The highest BCUT2D eigenvalue weighted by Gasteiger charge is 2.23. The molecular weight excluding hydrogens is 332 g/mol. The number of benzene rings is 2. The summed E-state index contributed by atoms with van der Waals surface area (Å²) in [5.41, 5.74) is 1.48. The number of nitrogens with zero attached hydrogens (tertiary/aromatic N) is 1. The van der Waals surface area contributed by atoms with E-state index in [1.807, 2.05) is 0 Å². The van der Waals surface area contributed by atoms with Crippen molar-refractivity contribution in [3.8, 4) is 0 Å². The van der Waals surface area contributed by atoms with E-state index >= 15 is 0 Å². The van der Waals surface area contributed by atoms with E-state index in [0.29, 0.717) is 12.0 Å². The van der Waals surface area contributed by atoms with Crippen molar-refractivity contribution in [3.05, 3.63) is 48.0 Å². The van der Waals surface area contributed by atoms with Crippen LogP contribution in [0.4, 0.5) is 0 Å². The number of rotatable bonds is 8. The van der Waals surface area contributed by atoms with Gasteiger partial charge in [0.2, 0.25) is 0 Å². The van der Waals surface area contributed by atoms with Gasteiger partial charge < -0.3 is 15.0 Å². The van der Waals surface area contributed by atoms with E-state index in [9.17, 15) is 0 Å². The Kier molecular flexibility index (Phi) is 6.78. The van der Waals surface area contributed by atoms with Crippen LogP contribution in [-0.4, -0.2) is 50.3 Å². The van der Waals surface area contributed by atoms with Crippen LogP contribution in [0, 0.1) is 0 Å². The molecule has 2 atom stereocenters. The zero-order valence-electron chi connectivity index (χ0n) is 16.5. The Morgan fingerprint density at radius 1 is 1.00 bits per heavy atom. The van der Waals surface area contributed by atoms with Gasteiger partial charge in [0.05, 0.1) is 6.10 Å². The van der Waals surface area contributed by atoms with E-state index < -0.39 is 0 Å².